The van der Waals surface area contributed by atoms with E-state index >= 15 is 0 Å². The number of carbonyl (C=O) groups is 2. The molecule has 7 heteroatoms. The van der Waals surface area contributed by atoms with Crippen LogP contribution in [0.1, 0.15) is 43.6 Å². The minimum absolute atomic E-state index is 0.0290. The molecule has 104 valence electrons. The van der Waals surface area contributed by atoms with Gasteiger partial charge < -0.3 is 10.0 Å². The third kappa shape index (κ3) is 2.74. The molecule has 2 unspecified atom stereocenters. The smallest absolute Gasteiger partial charge is 0.358 e. The lowest BCUT2D eigenvalue weighted by molar-refractivity contribution is -0.134. The van der Waals surface area contributed by atoms with Gasteiger partial charge in [0.2, 0.25) is 5.91 Å². The molecule has 19 heavy (non-hydrogen) atoms. The van der Waals surface area contributed by atoms with E-state index in [-0.39, 0.29) is 30.2 Å². The molecule has 2 atom stereocenters. The number of amides is 1. The van der Waals surface area contributed by atoms with Gasteiger partial charge >= 0.3 is 5.97 Å². The molecular weight excluding hydrogens is 248 g/mol. The van der Waals surface area contributed by atoms with Gasteiger partial charge in [0.05, 0.1) is 6.20 Å². The zero-order chi connectivity index (χ0) is 14.0. The van der Waals surface area contributed by atoms with E-state index in [0.717, 1.165) is 19.3 Å². The van der Waals surface area contributed by atoms with Gasteiger partial charge in [-0.05, 0) is 26.2 Å². The molecule has 1 amide bonds. The van der Waals surface area contributed by atoms with Crippen molar-refractivity contribution in [1.82, 2.24) is 19.9 Å². The van der Waals surface area contributed by atoms with Crippen LogP contribution in [0.5, 0.6) is 0 Å². The molecule has 7 nitrogen and oxygen atoms in total. The van der Waals surface area contributed by atoms with E-state index in [1.807, 2.05) is 11.8 Å². The summed E-state index contributed by atoms with van der Waals surface area (Å²) in [6, 6.07) is 0.518. The maximum Gasteiger partial charge on any atom is 0.358 e. The normalized spacial score (nSPS) is 22.7. The number of likely N-dealkylation sites (tertiary alicyclic amines) is 1. The second kappa shape index (κ2) is 5.38. The summed E-state index contributed by atoms with van der Waals surface area (Å²) in [5.74, 6) is -1.17. The van der Waals surface area contributed by atoms with Crippen LogP contribution in [-0.2, 0) is 11.3 Å². The Balaban J connectivity index is 2.05. The maximum absolute atomic E-state index is 12.3. The number of rotatable bonds is 4. The van der Waals surface area contributed by atoms with Gasteiger partial charge in [-0.3, -0.25) is 4.79 Å². The van der Waals surface area contributed by atoms with Crippen molar-refractivity contribution in [3.63, 3.8) is 0 Å². The highest BCUT2D eigenvalue weighted by atomic mass is 16.4. The number of aromatic nitrogens is 3. The monoisotopic (exact) mass is 266 g/mol. The summed E-state index contributed by atoms with van der Waals surface area (Å²) in [5, 5.41) is 15.9. The Kier molecular flexibility index (Phi) is 3.82. The zero-order valence-corrected chi connectivity index (χ0v) is 11.1. The highest BCUT2D eigenvalue weighted by molar-refractivity contribution is 5.84. The average Bonchev–Trinajstić information content (AvgIpc) is 2.95. The molecule has 1 N–H and O–H groups in total. The molecule has 0 spiro atoms. The molecule has 2 rings (SSSR count). The van der Waals surface area contributed by atoms with Gasteiger partial charge in [-0.25, -0.2) is 9.48 Å². The summed E-state index contributed by atoms with van der Waals surface area (Å²) in [4.78, 5) is 24.8. The van der Waals surface area contributed by atoms with Crippen LogP contribution in [0.2, 0.25) is 0 Å². The lowest BCUT2D eigenvalue weighted by atomic mass is 10.1. The molecule has 1 aliphatic heterocycles. The molecule has 0 aliphatic carbocycles. The van der Waals surface area contributed by atoms with Crippen LogP contribution in [0.25, 0.3) is 0 Å². The first-order chi connectivity index (χ1) is 9.02. The van der Waals surface area contributed by atoms with Crippen molar-refractivity contribution >= 4 is 11.9 Å². The Morgan fingerprint density at radius 3 is 2.79 bits per heavy atom. The number of aromatic carboxylic acids is 1. The molecule has 0 aromatic carbocycles. The SMILES string of the molecule is CCC1CCC(C)N1C(=O)Cn1cc(C(=O)O)nn1. The Hall–Kier alpha value is -1.92. The van der Waals surface area contributed by atoms with Crippen LogP contribution < -0.4 is 0 Å². The lowest BCUT2D eigenvalue weighted by Crippen LogP contribution is -2.41. The van der Waals surface area contributed by atoms with Gasteiger partial charge in [0, 0.05) is 12.1 Å². The molecular formula is C12H18N4O3. The van der Waals surface area contributed by atoms with E-state index in [2.05, 4.69) is 17.2 Å². The summed E-state index contributed by atoms with van der Waals surface area (Å²) in [5.41, 5.74) is -0.144. The van der Waals surface area contributed by atoms with Crippen molar-refractivity contribution in [2.75, 3.05) is 0 Å². The van der Waals surface area contributed by atoms with Crippen LogP contribution >= 0.6 is 0 Å². The van der Waals surface area contributed by atoms with E-state index in [1.54, 1.807) is 0 Å². The summed E-state index contributed by atoms with van der Waals surface area (Å²) in [7, 11) is 0. The fraction of sp³-hybridized carbons (Fsp3) is 0.667. The van der Waals surface area contributed by atoms with Gasteiger partial charge in [0.1, 0.15) is 6.54 Å². The van der Waals surface area contributed by atoms with Gasteiger partial charge in [-0.1, -0.05) is 12.1 Å². The van der Waals surface area contributed by atoms with Crippen LogP contribution in [0.15, 0.2) is 6.20 Å². The molecule has 1 aromatic rings. The number of hydrogen-bond donors (Lipinski definition) is 1. The van der Waals surface area contributed by atoms with Crippen molar-refractivity contribution in [2.24, 2.45) is 0 Å². The van der Waals surface area contributed by atoms with Crippen molar-refractivity contribution in [1.29, 1.82) is 0 Å². The molecule has 0 radical (unpaired) electrons. The van der Waals surface area contributed by atoms with E-state index < -0.39 is 5.97 Å². The summed E-state index contributed by atoms with van der Waals surface area (Å²) in [6.45, 7) is 4.15. The lowest BCUT2D eigenvalue weighted by Gasteiger charge is -2.27. The van der Waals surface area contributed by atoms with E-state index in [0.29, 0.717) is 0 Å². The van der Waals surface area contributed by atoms with Crippen LogP contribution in [0, 0.1) is 0 Å². The Morgan fingerprint density at radius 1 is 1.47 bits per heavy atom. The van der Waals surface area contributed by atoms with Gasteiger partial charge in [0.15, 0.2) is 5.69 Å². The number of carboxylic acids is 1. The first-order valence-corrected chi connectivity index (χ1v) is 6.47. The van der Waals surface area contributed by atoms with Gasteiger partial charge in [0.25, 0.3) is 0 Å². The van der Waals surface area contributed by atoms with E-state index in [1.165, 1.54) is 10.9 Å². The summed E-state index contributed by atoms with van der Waals surface area (Å²) in [6.07, 6.45) is 4.26. The highest BCUT2D eigenvalue weighted by Crippen LogP contribution is 2.26. The van der Waals surface area contributed by atoms with Crippen molar-refractivity contribution in [2.45, 2.75) is 51.7 Å². The average molecular weight is 266 g/mol. The first kappa shape index (κ1) is 13.5. The fourth-order valence-corrected chi connectivity index (χ4v) is 2.62. The third-order valence-electron chi connectivity index (χ3n) is 3.60. The topological polar surface area (TPSA) is 88.3 Å². The molecule has 1 fully saturated rings. The van der Waals surface area contributed by atoms with Gasteiger partial charge in [-0.15, -0.1) is 5.10 Å². The molecule has 0 bridgehead atoms. The zero-order valence-electron chi connectivity index (χ0n) is 11.1. The number of hydrogen-bond acceptors (Lipinski definition) is 4. The second-order valence-corrected chi connectivity index (χ2v) is 4.90. The predicted octanol–water partition coefficient (Wildman–Crippen LogP) is 0.766. The second-order valence-electron chi connectivity index (χ2n) is 4.90. The maximum atomic E-state index is 12.3. The largest absolute Gasteiger partial charge is 0.476 e. The summed E-state index contributed by atoms with van der Waals surface area (Å²) < 4.78 is 1.28. The Labute approximate surface area is 111 Å². The molecule has 2 heterocycles. The number of carboxylic acid groups (broad SMARTS) is 1. The van der Waals surface area contributed by atoms with Crippen molar-refractivity contribution in [3.8, 4) is 0 Å². The molecule has 1 aromatic heterocycles. The van der Waals surface area contributed by atoms with E-state index in [4.69, 9.17) is 5.11 Å². The Morgan fingerprint density at radius 2 is 2.21 bits per heavy atom. The standard InChI is InChI=1S/C12H18N4O3/c1-3-9-5-4-8(2)16(9)11(17)7-15-6-10(12(18)19)13-14-15/h6,8-9H,3-5,7H2,1-2H3,(H,18,19). The van der Waals surface area contributed by atoms with Crippen LogP contribution in [0.3, 0.4) is 0 Å². The minimum Gasteiger partial charge on any atom is -0.476 e. The molecule has 1 aliphatic rings. The van der Waals surface area contributed by atoms with E-state index in [9.17, 15) is 9.59 Å². The summed E-state index contributed by atoms with van der Waals surface area (Å²) >= 11 is 0. The number of nitrogens with zero attached hydrogens (tertiary/aromatic N) is 4. The van der Waals surface area contributed by atoms with Crippen LogP contribution in [-0.4, -0.2) is 49.0 Å². The van der Waals surface area contributed by atoms with Gasteiger partial charge in [-0.2, -0.15) is 0 Å². The van der Waals surface area contributed by atoms with Crippen molar-refractivity contribution < 1.29 is 14.7 Å². The molecule has 0 saturated carbocycles. The fourth-order valence-electron chi connectivity index (χ4n) is 2.62. The third-order valence-corrected chi connectivity index (χ3v) is 3.60. The minimum atomic E-state index is -1.14. The van der Waals surface area contributed by atoms with Crippen LogP contribution in [0.4, 0.5) is 0 Å². The van der Waals surface area contributed by atoms with Crippen molar-refractivity contribution in [3.05, 3.63) is 11.9 Å². The predicted molar refractivity (Wildman–Crippen MR) is 66.6 cm³/mol. The molecule has 1 saturated heterocycles. The Bertz CT molecular complexity index is 485. The first-order valence-electron chi connectivity index (χ1n) is 6.47. The highest BCUT2D eigenvalue weighted by Gasteiger charge is 2.33. The number of carbonyl (C=O) groups excluding carboxylic acids is 1. The quantitative estimate of drug-likeness (QED) is 0.869.